The number of rotatable bonds is 4. The number of hydrogen-bond acceptors (Lipinski definition) is 1. The quantitative estimate of drug-likeness (QED) is 0.833. The van der Waals surface area contributed by atoms with E-state index in [2.05, 4.69) is 67.7 Å². The van der Waals surface area contributed by atoms with Crippen LogP contribution in [-0.2, 0) is 6.54 Å². The summed E-state index contributed by atoms with van der Waals surface area (Å²) in [5.41, 5.74) is 3.99. The molecule has 0 saturated heterocycles. The second kappa shape index (κ2) is 5.65. The smallest absolute Gasteiger partial charge is 0.0295 e. The Balaban J connectivity index is 1.96. The van der Waals surface area contributed by atoms with E-state index in [1.165, 1.54) is 16.7 Å². The molecule has 0 fully saturated rings. The second-order valence-electron chi connectivity index (χ2n) is 4.50. The van der Waals surface area contributed by atoms with Crippen molar-refractivity contribution in [2.45, 2.75) is 26.4 Å². The van der Waals surface area contributed by atoms with Crippen molar-refractivity contribution in [2.75, 3.05) is 0 Å². The first-order chi connectivity index (χ1) is 8.25. The number of hydrogen-bond donors (Lipinski definition) is 1. The van der Waals surface area contributed by atoms with Crippen molar-refractivity contribution in [1.82, 2.24) is 5.32 Å². The monoisotopic (exact) mass is 225 g/mol. The van der Waals surface area contributed by atoms with Crippen LogP contribution in [0.3, 0.4) is 0 Å². The predicted octanol–water partition coefficient (Wildman–Crippen LogP) is 3.85. The zero-order valence-corrected chi connectivity index (χ0v) is 10.5. The maximum Gasteiger partial charge on any atom is 0.0295 e. The Bertz CT molecular complexity index is 462. The highest BCUT2D eigenvalue weighted by atomic mass is 14.9. The van der Waals surface area contributed by atoms with Crippen molar-refractivity contribution in [3.8, 4) is 0 Å². The summed E-state index contributed by atoms with van der Waals surface area (Å²) in [6, 6.07) is 19.6. The van der Waals surface area contributed by atoms with Crippen molar-refractivity contribution in [3.05, 3.63) is 71.3 Å². The van der Waals surface area contributed by atoms with E-state index in [0.717, 1.165) is 6.54 Å². The molecule has 0 aromatic heterocycles. The first-order valence-corrected chi connectivity index (χ1v) is 6.09. The molecule has 1 atom stereocenters. The Morgan fingerprint density at radius 3 is 2.47 bits per heavy atom. The molecule has 0 radical (unpaired) electrons. The van der Waals surface area contributed by atoms with Gasteiger partial charge in [0.15, 0.2) is 0 Å². The molecule has 1 N–H and O–H groups in total. The summed E-state index contributed by atoms with van der Waals surface area (Å²) in [4.78, 5) is 0. The van der Waals surface area contributed by atoms with Crippen molar-refractivity contribution in [3.63, 3.8) is 0 Å². The molecule has 1 nitrogen and oxygen atoms in total. The number of benzene rings is 2. The van der Waals surface area contributed by atoms with Crippen LogP contribution in [0.25, 0.3) is 0 Å². The van der Waals surface area contributed by atoms with E-state index in [9.17, 15) is 0 Å². The van der Waals surface area contributed by atoms with Gasteiger partial charge >= 0.3 is 0 Å². The summed E-state index contributed by atoms with van der Waals surface area (Å²) in [5.74, 6) is 0. The maximum atomic E-state index is 3.54. The summed E-state index contributed by atoms with van der Waals surface area (Å²) in [6.45, 7) is 5.25. The van der Waals surface area contributed by atoms with E-state index in [0.29, 0.717) is 6.04 Å². The summed E-state index contributed by atoms with van der Waals surface area (Å²) >= 11 is 0. The molecular formula is C16H19N. The van der Waals surface area contributed by atoms with Crippen LogP contribution in [0, 0.1) is 6.92 Å². The van der Waals surface area contributed by atoms with Gasteiger partial charge in [-0.1, -0.05) is 60.2 Å². The highest BCUT2D eigenvalue weighted by molar-refractivity contribution is 5.25. The van der Waals surface area contributed by atoms with Gasteiger partial charge in [-0.3, -0.25) is 0 Å². The first kappa shape index (κ1) is 11.9. The fourth-order valence-electron chi connectivity index (χ4n) is 1.92. The molecule has 0 spiro atoms. The van der Waals surface area contributed by atoms with Gasteiger partial charge in [-0.15, -0.1) is 0 Å². The average molecular weight is 225 g/mol. The molecule has 0 saturated carbocycles. The lowest BCUT2D eigenvalue weighted by Crippen LogP contribution is -2.18. The minimum atomic E-state index is 0.384. The molecule has 0 aliphatic carbocycles. The van der Waals surface area contributed by atoms with E-state index in [1.807, 2.05) is 6.07 Å². The van der Waals surface area contributed by atoms with Crippen molar-refractivity contribution in [1.29, 1.82) is 0 Å². The normalized spacial score (nSPS) is 12.4. The van der Waals surface area contributed by atoms with Gasteiger partial charge in [0.05, 0.1) is 0 Å². The fraction of sp³-hybridized carbons (Fsp3) is 0.250. The van der Waals surface area contributed by atoms with Gasteiger partial charge < -0.3 is 5.32 Å². The molecule has 0 amide bonds. The van der Waals surface area contributed by atoms with Crippen LogP contribution in [0.4, 0.5) is 0 Å². The Labute approximate surface area is 103 Å². The lowest BCUT2D eigenvalue weighted by molar-refractivity contribution is 0.574. The predicted molar refractivity (Wildman–Crippen MR) is 72.9 cm³/mol. The average Bonchev–Trinajstić information content (AvgIpc) is 2.37. The highest BCUT2D eigenvalue weighted by Gasteiger charge is 2.04. The molecule has 0 heterocycles. The van der Waals surface area contributed by atoms with Crippen LogP contribution in [0.5, 0.6) is 0 Å². The zero-order valence-electron chi connectivity index (χ0n) is 10.5. The van der Waals surface area contributed by atoms with E-state index in [-0.39, 0.29) is 0 Å². The van der Waals surface area contributed by atoms with Crippen LogP contribution in [-0.4, -0.2) is 0 Å². The van der Waals surface area contributed by atoms with Gasteiger partial charge in [0, 0.05) is 12.6 Å². The topological polar surface area (TPSA) is 12.0 Å². The highest BCUT2D eigenvalue weighted by Crippen LogP contribution is 2.14. The third kappa shape index (κ3) is 3.43. The van der Waals surface area contributed by atoms with E-state index < -0.39 is 0 Å². The van der Waals surface area contributed by atoms with Gasteiger partial charge in [-0.25, -0.2) is 0 Å². The Kier molecular flexibility index (Phi) is 3.94. The standard InChI is InChI=1S/C16H19N/c1-13-7-6-10-16(11-13)14(2)17-12-15-8-4-3-5-9-15/h3-11,14,17H,12H2,1-2H3/t14-/m1/s1. The Morgan fingerprint density at radius 1 is 1.00 bits per heavy atom. The molecule has 1 heteroatoms. The van der Waals surface area contributed by atoms with Crippen molar-refractivity contribution < 1.29 is 0 Å². The van der Waals surface area contributed by atoms with Crippen LogP contribution >= 0.6 is 0 Å². The minimum absolute atomic E-state index is 0.384. The van der Waals surface area contributed by atoms with E-state index in [4.69, 9.17) is 0 Å². The molecule has 88 valence electrons. The van der Waals surface area contributed by atoms with Crippen LogP contribution in [0.2, 0.25) is 0 Å². The van der Waals surface area contributed by atoms with Crippen molar-refractivity contribution in [2.24, 2.45) is 0 Å². The van der Waals surface area contributed by atoms with E-state index >= 15 is 0 Å². The number of nitrogens with one attached hydrogen (secondary N) is 1. The Morgan fingerprint density at radius 2 is 1.76 bits per heavy atom. The van der Waals surface area contributed by atoms with Gasteiger partial charge in [0.2, 0.25) is 0 Å². The largest absolute Gasteiger partial charge is 0.306 e. The van der Waals surface area contributed by atoms with Gasteiger partial charge in [-0.2, -0.15) is 0 Å². The summed E-state index contributed by atoms with van der Waals surface area (Å²) < 4.78 is 0. The van der Waals surface area contributed by atoms with Crippen molar-refractivity contribution >= 4 is 0 Å². The first-order valence-electron chi connectivity index (χ1n) is 6.09. The summed E-state index contributed by atoms with van der Waals surface area (Å²) in [5, 5.41) is 3.54. The summed E-state index contributed by atoms with van der Waals surface area (Å²) in [7, 11) is 0. The zero-order chi connectivity index (χ0) is 12.1. The lowest BCUT2D eigenvalue weighted by atomic mass is 10.1. The summed E-state index contributed by atoms with van der Waals surface area (Å²) in [6.07, 6.45) is 0. The molecular weight excluding hydrogens is 206 g/mol. The molecule has 0 aliphatic rings. The molecule has 2 rings (SSSR count). The molecule has 0 bridgehead atoms. The van der Waals surface area contributed by atoms with Gasteiger partial charge in [0.1, 0.15) is 0 Å². The molecule has 2 aromatic carbocycles. The maximum absolute atomic E-state index is 3.54. The molecule has 17 heavy (non-hydrogen) atoms. The van der Waals surface area contributed by atoms with Gasteiger partial charge in [-0.05, 0) is 25.0 Å². The molecule has 2 aromatic rings. The SMILES string of the molecule is Cc1cccc([C@@H](C)NCc2ccccc2)c1. The van der Waals surface area contributed by atoms with Crippen LogP contribution < -0.4 is 5.32 Å². The van der Waals surface area contributed by atoms with Crippen LogP contribution in [0.15, 0.2) is 54.6 Å². The molecule has 0 aliphatic heterocycles. The second-order valence-corrected chi connectivity index (χ2v) is 4.50. The molecule has 0 unspecified atom stereocenters. The lowest BCUT2D eigenvalue weighted by Gasteiger charge is -2.14. The van der Waals surface area contributed by atoms with Gasteiger partial charge in [0.25, 0.3) is 0 Å². The fourth-order valence-corrected chi connectivity index (χ4v) is 1.92. The minimum Gasteiger partial charge on any atom is -0.306 e. The number of aryl methyl sites for hydroxylation is 1. The third-order valence-corrected chi connectivity index (χ3v) is 3.00. The Hall–Kier alpha value is -1.60. The van der Waals surface area contributed by atoms with E-state index in [1.54, 1.807) is 0 Å². The van der Waals surface area contributed by atoms with Crippen LogP contribution in [0.1, 0.15) is 29.7 Å². The third-order valence-electron chi connectivity index (χ3n) is 3.00.